The van der Waals surface area contributed by atoms with Crippen molar-refractivity contribution in [3.05, 3.63) is 30.2 Å². The van der Waals surface area contributed by atoms with E-state index >= 15 is 0 Å². The number of hydrogen-bond donors (Lipinski definition) is 1. The number of nitrogens with one attached hydrogen (secondary N) is 1. The molecule has 8 nitrogen and oxygen atoms in total. The van der Waals surface area contributed by atoms with E-state index in [2.05, 4.69) is 54.0 Å². The molecule has 0 bridgehead atoms. The van der Waals surface area contributed by atoms with Gasteiger partial charge in [0.15, 0.2) is 0 Å². The second-order valence-electron chi connectivity index (χ2n) is 6.44. The van der Waals surface area contributed by atoms with Crippen molar-refractivity contribution >= 4 is 17.7 Å². The lowest BCUT2D eigenvalue weighted by atomic mass is 10.3. The molecular formula is C17H26N8. The van der Waals surface area contributed by atoms with Crippen LogP contribution in [0.2, 0.25) is 0 Å². The van der Waals surface area contributed by atoms with Gasteiger partial charge in [-0.2, -0.15) is 4.98 Å². The van der Waals surface area contributed by atoms with Crippen molar-refractivity contribution in [2.24, 2.45) is 0 Å². The van der Waals surface area contributed by atoms with Crippen LogP contribution in [0.5, 0.6) is 0 Å². The molecule has 2 aromatic heterocycles. The second kappa shape index (κ2) is 8.06. The number of rotatable bonds is 6. The Kier molecular flexibility index (Phi) is 5.60. The predicted octanol–water partition coefficient (Wildman–Crippen LogP) is 0.875. The summed E-state index contributed by atoms with van der Waals surface area (Å²) < 4.78 is 0. The van der Waals surface area contributed by atoms with E-state index in [1.54, 1.807) is 12.4 Å². The minimum atomic E-state index is 0.700. The summed E-state index contributed by atoms with van der Waals surface area (Å²) in [5.74, 6) is 2.48. The number of nitrogens with zero attached hydrogens (tertiary/aromatic N) is 7. The van der Waals surface area contributed by atoms with Crippen molar-refractivity contribution < 1.29 is 0 Å². The zero-order chi connectivity index (χ0) is 17.6. The van der Waals surface area contributed by atoms with Crippen molar-refractivity contribution in [2.75, 3.05) is 68.5 Å². The Morgan fingerprint density at radius 1 is 1.04 bits per heavy atom. The highest BCUT2D eigenvalue weighted by Crippen LogP contribution is 2.18. The number of hydrogen-bond acceptors (Lipinski definition) is 8. The van der Waals surface area contributed by atoms with Crippen molar-refractivity contribution in [3.63, 3.8) is 0 Å². The predicted molar refractivity (Wildman–Crippen MR) is 100 cm³/mol. The van der Waals surface area contributed by atoms with Gasteiger partial charge in [0.1, 0.15) is 5.82 Å². The van der Waals surface area contributed by atoms with Crippen LogP contribution in [0.4, 0.5) is 17.7 Å². The van der Waals surface area contributed by atoms with E-state index in [9.17, 15) is 0 Å². The fraction of sp³-hybridized carbons (Fsp3) is 0.529. The molecule has 0 atom stereocenters. The highest BCUT2D eigenvalue weighted by atomic mass is 15.3. The van der Waals surface area contributed by atoms with Gasteiger partial charge in [-0.05, 0) is 27.1 Å². The first kappa shape index (κ1) is 17.3. The third-order valence-electron chi connectivity index (χ3n) is 4.12. The van der Waals surface area contributed by atoms with Crippen molar-refractivity contribution in [1.29, 1.82) is 0 Å². The average molecular weight is 342 g/mol. The Morgan fingerprint density at radius 2 is 1.72 bits per heavy atom. The summed E-state index contributed by atoms with van der Waals surface area (Å²) in [5, 5.41) is 3.31. The molecule has 1 fully saturated rings. The van der Waals surface area contributed by atoms with Crippen molar-refractivity contribution in [1.82, 2.24) is 24.8 Å². The van der Waals surface area contributed by atoms with Gasteiger partial charge in [-0.1, -0.05) is 0 Å². The molecule has 0 unspecified atom stereocenters. The van der Waals surface area contributed by atoms with Gasteiger partial charge in [0, 0.05) is 63.4 Å². The Labute approximate surface area is 148 Å². The molecule has 0 spiro atoms. The van der Waals surface area contributed by atoms with Gasteiger partial charge in [-0.15, -0.1) is 0 Å². The summed E-state index contributed by atoms with van der Waals surface area (Å²) in [7, 11) is 4.11. The van der Waals surface area contributed by atoms with Crippen LogP contribution in [0.15, 0.2) is 24.5 Å². The SMILES string of the molecule is Cc1cc(N2CCN(c3ncccn3)CC2)nc(NCCN(C)C)n1. The third kappa shape index (κ3) is 4.76. The van der Waals surface area contributed by atoms with Gasteiger partial charge in [-0.3, -0.25) is 0 Å². The Bertz CT molecular complexity index is 668. The molecular weight excluding hydrogens is 316 g/mol. The zero-order valence-electron chi connectivity index (χ0n) is 15.2. The van der Waals surface area contributed by atoms with Gasteiger partial charge < -0.3 is 20.0 Å². The molecule has 0 saturated carbocycles. The highest BCUT2D eigenvalue weighted by Gasteiger charge is 2.20. The van der Waals surface area contributed by atoms with E-state index in [4.69, 9.17) is 0 Å². The minimum Gasteiger partial charge on any atom is -0.353 e. The summed E-state index contributed by atoms with van der Waals surface area (Å²) in [4.78, 5) is 24.5. The number of anilines is 3. The molecule has 8 heteroatoms. The van der Waals surface area contributed by atoms with E-state index in [1.807, 2.05) is 19.1 Å². The van der Waals surface area contributed by atoms with Gasteiger partial charge in [0.25, 0.3) is 0 Å². The minimum absolute atomic E-state index is 0.700. The monoisotopic (exact) mass is 342 g/mol. The van der Waals surface area contributed by atoms with Crippen molar-refractivity contribution in [2.45, 2.75) is 6.92 Å². The zero-order valence-corrected chi connectivity index (χ0v) is 15.2. The van der Waals surface area contributed by atoms with Crippen LogP contribution in [0, 0.1) is 6.92 Å². The van der Waals surface area contributed by atoms with Crippen LogP contribution in [0.1, 0.15) is 5.69 Å². The van der Waals surface area contributed by atoms with E-state index in [0.29, 0.717) is 5.95 Å². The second-order valence-corrected chi connectivity index (χ2v) is 6.44. The molecule has 0 aliphatic carbocycles. The third-order valence-corrected chi connectivity index (χ3v) is 4.12. The standard InChI is InChI=1S/C17H26N8/c1-14-13-15(22-16(21-14)18-7-8-23(2)3)24-9-11-25(12-10-24)17-19-5-4-6-20-17/h4-6,13H,7-12H2,1-3H3,(H,18,21,22). The molecule has 134 valence electrons. The van der Waals surface area contributed by atoms with Crippen LogP contribution >= 0.6 is 0 Å². The first-order valence-electron chi connectivity index (χ1n) is 8.63. The first-order valence-corrected chi connectivity index (χ1v) is 8.63. The first-order chi connectivity index (χ1) is 12.1. The number of aromatic nitrogens is 4. The normalized spacial score (nSPS) is 14.9. The summed E-state index contributed by atoms with van der Waals surface area (Å²) in [6.45, 7) is 7.35. The van der Waals surface area contributed by atoms with Gasteiger partial charge in [0.2, 0.25) is 11.9 Å². The summed E-state index contributed by atoms with van der Waals surface area (Å²) in [6, 6.07) is 3.89. The molecule has 1 N–H and O–H groups in total. The Hall–Kier alpha value is -2.48. The topological polar surface area (TPSA) is 73.3 Å². The maximum absolute atomic E-state index is 4.69. The Morgan fingerprint density at radius 3 is 2.40 bits per heavy atom. The van der Waals surface area contributed by atoms with E-state index in [0.717, 1.165) is 56.7 Å². The summed E-state index contributed by atoms with van der Waals surface area (Å²) in [6.07, 6.45) is 3.57. The fourth-order valence-corrected chi connectivity index (χ4v) is 2.77. The molecule has 2 aromatic rings. The van der Waals surface area contributed by atoms with Crippen LogP contribution in [-0.4, -0.2) is 78.2 Å². The molecule has 1 aliphatic rings. The van der Waals surface area contributed by atoms with Crippen LogP contribution in [0.25, 0.3) is 0 Å². The van der Waals surface area contributed by atoms with Gasteiger partial charge >= 0.3 is 0 Å². The average Bonchev–Trinajstić information content (AvgIpc) is 2.62. The highest BCUT2D eigenvalue weighted by molar-refractivity contribution is 5.46. The van der Waals surface area contributed by atoms with Gasteiger partial charge in [-0.25, -0.2) is 15.0 Å². The van der Waals surface area contributed by atoms with Crippen molar-refractivity contribution in [3.8, 4) is 0 Å². The molecule has 0 aromatic carbocycles. The number of likely N-dealkylation sites (N-methyl/N-ethyl adjacent to an activating group) is 1. The summed E-state index contributed by atoms with van der Waals surface area (Å²) >= 11 is 0. The lowest BCUT2D eigenvalue weighted by Gasteiger charge is -2.35. The summed E-state index contributed by atoms with van der Waals surface area (Å²) in [5.41, 5.74) is 0.978. The quantitative estimate of drug-likeness (QED) is 0.829. The smallest absolute Gasteiger partial charge is 0.225 e. The number of aryl methyl sites for hydroxylation is 1. The van der Waals surface area contributed by atoms with Crippen LogP contribution in [-0.2, 0) is 0 Å². The molecule has 0 amide bonds. The Balaban J connectivity index is 1.61. The fourth-order valence-electron chi connectivity index (χ4n) is 2.77. The lowest BCUT2D eigenvalue weighted by Crippen LogP contribution is -2.47. The van der Waals surface area contributed by atoms with E-state index in [-0.39, 0.29) is 0 Å². The van der Waals surface area contributed by atoms with Gasteiger partial charge in [0.05, 0.1) is 0 Å². The molecule has 3 rings (SSSR count). The molecule has 0 radical (unpaired) electrons. The van der Waals surface area contributed by atoms with Crippen LogP contribution < -0.4 is 15.1 Å². The molecule has 1 saturated heterocycles. The maximum atomic E-state index is 4.69. The maximum Gasteiger partial charge on any atom is 0.225 e. The largest absolute Gasteiger partial charge is 0.353 e. The lowest BCUT2D eigenvalue weighted by molar-refractivity contribution is 0.425. The van der Waals surface area contributed by atoms with E-state index < -0.39 is 0 Å². The molecule has 1 aliphatic heterocycles. The molecule has 3 heterocycles. The van der Waals surface area contributed by atoms with Crippen LogP contribution in [0.3, 0.4) is 0 Å². The van der Waals surface area contributed by atoms with E-state index in [1.165, 1.54) is 0 Å². The number of piperazine rings is 1. The molecule has 25 heavy (non-hydrogen) atoms.